The Labute approximate surface area is 92.2 Å². The molecule has 0 saturated carbocycles. The average molecular weight is 227 g/mol. The van der Waals surface area contributed by atoms with Gasteiger partial charge < -0.3 is 9.52 Å². The van der Waals surface area contributed by atoms with Crippen LogP contribution < -0.4 is 0 Å². The summed E-state index contributed by atoms with van der Waals surface area (Å²) >= 11 is 1.86. The molecule has 1 aliphatic rings. The number of aliphatic carboxylic acids is 1. The second kappa shape index (κ2) is 4.72. The minimum Gasteiger partial charge on any atom is -0.480 e. The van der Waals surface area contributed by atoms with Crippen LogP contribution in [0.3, 0.4) is 0 Å². The molecule has 1 unspecified atom stereocenters. The van der Waals surface area contributed by atoms with E-state index in [1.807, 2.05) is 16.7 Å². The lowest BCUT2D eigenvalue weighted by molar-refractivity contribution is -0.144. The first kappa shape index (κ1) is 10.6. The number of carboxylic acid groups (broad SMARTS) is 1. The van der Waals surface area contributed by atoms with Crippen LogP contribution in [0.15, 0.2) is 22.8 Å². The molecule has 82 valence electrons. The molecule has 2 heterocycles. The summed E-state index contributed by atoms with van der Waals surface area (Å²) in [7, 11) is 0. The second-order valence-corrected chi connectivity index (χ2v) is 4.63. The van der Waals surface area contributed by atoms with Crippen molar-refractivity contribution in [2.45, 2.75) is 6.04 Å². The van der Waals surface area contributed by atoms with Crippen LogP contribution in [0, 0.1) is 0 Å². The van der Waals surface area contributed by atoms with Gasteiger partial charge in [0.2, 0.25) is 0 Å². The first-order chi connectivity index (χ1) is 7.29. The molecule has 15 heavy (non-hydrogen) atoms. The van der Waals surface area contributed by atoms with Crippen molar-refractivity contribution in [2.24, 2.45) is 0 Å². The summed E-state index contributed by atoms with van der Waals surface area (Å²) < 4.78 is 5.18. The zero-order valence-corrected chi connectivity index (χ0v) is 9.07. The van der Waals surface area contributed by atoms with E-state index in [0.29, 0.717) is 5.76 Å². The third kappa shape index (κ3) is 2.35. The zero-order valence-electron chi connectivity index (χ0n) is 8.26. The molecule has 0 radical (unpaired) electrons. The molecule has 1 fully saturated rings. The molecule has 0 bridgehead atoms. The predicted molar refractivity (Wildman–Crippen MR) is 58.0 cm³/mol. The molecule has 1 N–H and O–H groups in total. The van der Waals surface area contributed by atoms with Gasteiger partial charge >= 0.3 is 5.97 Å². The van der Waals surface area contributed by atoms with E-state index in [0.717, 1.165) is 24.6 Å². The fourth-order valence-electron chi connectivity index (χ4n) is 1.74. The van der Waals surface area contributed by atoms with Gasteiger partial charge in [0, 0.05) is 24.6 Å². The standard InChI is InChI=1S/C10H13NO3S/c12-10(13)9(8-2-1-5-14-8)11-3-6-15-7-4-11/h1-2,5,9H,3-4,6-7H2,(H,12,13). The van der Waals surface area contributed by atoms with Gasteiger partial charge in [-0.2, -0.15) is 11.8 Å². The average Bonchev–Trinajstić information content (AvgIpc) is 2.72. The molecular weight excluding hydrogens is 214 g/mol. The van der Waals surface area contributed by atoms with E-state index in [4.69, 9.17) is 4.42 Å². The van der Waals surface area contributed by atoms with Crippen molar-refractivity contribution in [3.05, 3.63) is 24.2 Å². The minimum absolute atomic E-state index is 0.523. The summed E-state index contributed by atoms with van der Waals surface area (Å²) in [6, 6.07) is 2.82. The molecule has 1 aromatic heterocycles. The third-order valence-corrected chi connectivity index (χ3v) is 3.40. The van der Waals surface area contributed by atoms with Crippen LogP contribution in [0.2, 0.25) is 0 Å². The first-order valence-corrected chi connectivity index (χ1v) is 6.02. The molecule has 0 amide bonds. The van der Waals surface area contributed by atoms with Gasteiger partial charge in [-0.1, -0.05) is 0 Å². The summed E-state index contributed by atoms with van der Waals surface area (Å²) in [6.45, 7) is 1.62. The van der Waals surface area contributed by atoms with Gasteiger partial charge in [-0.25, -0.2) is 0 Å². The van der Waals surface area contributed by atoms with Crippen molar-refractivity contribution < 1.29 is 14.3 Å². The highest BCUT2D eigenvalue weighted by Crippen LogP contribution is 2.24. The summed E-state index contributed by atoms with van der Waals surface area (Å²) in [4.78, 5) is 13.1. The molecule has 1 aromatic rings. The van der Waals surface area contributed by atoms with E-state index in [1.165, 1.54) is 6.26 Å². The van der Waals surface area contributed by atoms with E-state index in [2.05, 4.69) is 0 Å². The van der Waals surface area contributed by atoms with Crippen molar-refractivity contribution in [1.29, 1.82) is 0 Å². The van der Waals surface area contributed by atoms with Gasteiger partial charge in [0.1, 0.15) is 5.76 Å². The van der Waals surface area contributed by atoms with Crippen molar-refractivity contribution in [3.63, 3.8) is 0 Å². The number of rotatable bonds is 3. The van der Waals surface area contributed by atoms with E-state index in [9.17, 15) is 9.90 Å². The number of furan rings is 1. The third-order valence-electron chi connectivity index (χ3n) is 2.46. The van der Waals surface area contributed by atoms with E-state index in [-0.39, 0.29) is 0 Å². The Hall–Kier alpha value is -0.940. The second-order valence-electron chi connectivity index (χ2n) is 3.40. The smallest absolute Gasteiger partial charge is 0.328 e. The van der Waals surface area contributed by atoms with Gasteiger partial charge in [-0.15, -0.1) is 0 Å². The number of carboxylic acids is 1. The highest BCUT2D eigenvalue weighted by atomic mass is 32.2. The lowest BCUT2D eigenvalue weighted by Crippen LogP contribution is -2.39. The zero-order chi connectivity index (χ0) is 10.7. The lowest BCUT2D eigenvalue weighted by Gasteiger charge is -2.30. The molecular formula is C10H13NO3S. The first-order valence-electron chi connectivity index (χ1n) is 4.87. The number of hydrogen-bond acceptors (Lipinski definition) is 4. The SMILES string of the molecule is O=C(O)C(c1ccco1)N1CCSCC1. The molecule has 1 aliphatic heterocycles. The molecule has 4 nitrogen and oxygen atoms in total. The summed E-state index contributed by atoms with van der Waals surface area (Å²) in [5.41, 5.74) is 0. The van der Waals surface area contributed by atoms with Crippen LogP contribution in [0.5, 0.6) is 0 Å². The Morgan fingerprint density at radius 1 is 1.53 bits per heavy atom. The van der Waals surface area contributed by atoms with Crippen LogP contribution in [0.25, 0.3) is 0 Å². The molecule has 1 atom stereocenters. The maximum atomic E-state index is 11.2. The Kier molecular flexibility index (Phi) is 3.33. The molecule has 2 rings (SSSR count). The highest BCUT2D eigenvalue weighted by Gasteiger charge is 2.30. The van der Waals surface area contributed by atoms with Crippen LogP contribution in [-0.4, -0.2) is 40.6 Å². The van der Waals surface area contributed by atoms with Crippen LogP contribution >= 0.6 is 11.8 Å². The number of thioether (sulfide) groups is 1. The van der Waals surface area contributed by atoms with Crippen LogP contribution in [0.1, 0.15) is 11.8 Å². The van der Waals surface area contributed by atoms with Gasteiger partial charge in [-0.05, 0) is 12.1 Å². The number of hydrogen-bond donors (Lipinski definition) is 1. The van der Waals surface area contributed by atoms with E-state index in [1.54, 1.807) is 12.1 Å². The molecule has 5 heteroatoms. The largest absolute Gasteiger partial charge is 0.480 e. The van der Waals surface area contributed by atoms with Crippen LogP contribution in [0.4, 0.5) is 0 Å². The Bertz CT molecular complexity index is 319. The molecule has 0 spiro atoms. The molecule has 1 saturated heterocycles. The van der Waals surface area contributed by atoms with Gasteiger partial charge in [0.25, 0.3) is 0 Å². The predicted octanol–water partition coefficient (Wildman–Crippen LogP) is 1.45. The molecule has 0 aromatic carbocycles. The number of nitrogens with zero attached hydrogens (tertiary/aromatic N) is 1. The highest BCUT2D eigenvalue weighted by molar-refractivity contribution is 7.99. The Morgan fingerprint density at radius 2 is 2.27 bits per heavy atom. The minimum atomic E-state index is -0.836. The maximum absolute atomic E-state index is 11.2. The fourth-order valence-corrected chi connectivity index (χ4v) is 2.67. The topological polar surface area (TPSA) is 53.7 Å². The Balaban J connectivity index is 2.15. The van der Waals surface area contributed by atoms with E-state index < -0.39 is 12.0 Å². The van der Waals surface area contributed by atoms with E-state index >= 15 is 0 Å². The molecule has 0 aliphatic carbocycles. The van der Waals surface area contributed by atoms with Gasteiger partial charge in [0.05, 0.1) is 6.26 Å². The fraction of sp³-hybridized carbons (Fsp3) is 0.500. The number of carbonyl (C=O) groups is 1. The maximum Gasteiger partial charge on any atom is 0.328 e. The van der Waals surface area contributed by atoms with Gasteiger partial charge in [-0.3, -0.25) is 9.69 Å². The van der Waals surface area contributed by atoms with Crippen molar-refractivity contribution in [3.8, 4) is 0 Å². The summed E-state index contributed by atoms with van der Waals surface area (Å²) in [6.07, 6.45) is 1.52. The summed E-state index contributed by atoms with van der Waals surface area (Å²) in [5, 5.41) is 9.19. The summed E-state index contributed by atoms with van der Waals surface area (Å²) in [5.74, 6) is 1.67. The van der Waals surface area contributed by atoms with Gasteiger partial charge in [0.15, 0.2) is 6.04 Å². The van der Waals surface area contributed by atoms with Crippen molar-refractivity contribution >= 4 is 17.7 Å². The van der Waals surface area contributed by atoms with Crippen molar-refractivity contribution in [1.82, 2.24) is 4.90 Å². The van der Waals surface area contributed by atoms with Crippen molar-refractivity contribution in [2.75, 3.05) is 24.6 Å². The normalized spacial score (nSPS) is 20.0. The van der Waals surface area contributed by atoms with Crippen LogP contribution in [-0.2, 0) is 4.79 Å². The Morgan fingerprint density at radius 3 is 2.80 bits per heavy atom. The lowest BCUT2D eigenvalue weighted by atomic mass is 10.2. The quantitative estimate of drug-likeness (QED) is 0.847. The monoisotopic (exact) mass is 227 g/mol.